The topological polar surface area (TPSA) is 38.0 Å². The van der Waals surface area contributed by atoms with Crippen LogP contribution in [0.3, 0.4) is 0 Å². The van der Waals surface area contributed by atoms with Crippen LogP contribution in [0.5, 0.6) is 0 Å². The van der Waals surface area contributed by atoms with Crippen LogP contribution in [-0.2, 0) is 0 Å². The Morgan fingerprint density at radius 2 is 1.79 bits per heavy atom. The van der Waals surface area contributed by atoms with Crippen LogP contribution in [0.4, 0.5) is 4.39 Å². The first kappa shape index (κ1) is 14.0. The summed E-state index contributed by atoms with van der Waals surface area (Å²) in [6, 6.07) is 10.2. The van der Waals surface area contributed by atoms with Gasteiger partial charge in [0.2, 0.25) is 0 Å². The predicted octanol–water partition coefficient (Wildman–Crippen LogP) is 3.65. The van der Waals surface area contributed by atoms with Crippen LogP contribution in [0.15, 0.2) is 36.4 Å². The fraction of sp³-hybridized carbons (Fsp3) is 0.200. The van der Waals surface area contributed by atoms with Crippen LogP contribution in [0, 0.1) is 19.7 Å². The second kappa shape index (κ2) is 5.70. The van der Waals surface area contributed by atoms with E-state index < -0.39 is 0 Å². The van der Waals surface area contributed by atoms with Gasteiger partial charge in [-0.2, -0.15) is 0 Å². The molecule has 2 rings (SSSR count). The van der Waals surface area contributed by atoms with Crippen molar-refractivity contribution in [2.24, 2.45) is 5.84 Å². The van der Waals surface area contributed by atoms with E-state index in [1.165, 1.54) is 17.7 Å². The molecular formula is C15H16ClFN2. The Balaban J connectivity index is 2.50. The number of aryl methyl sites for hydroxylation is 2. The summed E-state index contributed by atoms with van der Waals surface area (Å²) in [5.74, 6) is 5.29. The standard InChI is InChI=1S/C15H16ClFN2/c1-9-3-5-12(10(2)7-9)15(19-18)13-6-4-11(17)8-14(13)16/h3-8,15,19H,18H2,1-2H3. The summed E-state index contributed by atoms with van der Waals surface area (Å²) in [7, 11) is 0. The van der Waals surface area contributed by atoms with Gasteiger partial charge in [0, 0.05) is 5.02 Å². The molecule has 2 aromatic rings. The highest BCUT2D eigenvalue weighted by Gasteiger charge is 2.17. The SMILES string of the molecule is Cc1ccc(C(NN)c2ccc(F)cc2Cl)c(C)c1. The van der Waals surface area contributed by atoms with Crippen LogP contribution in [0.2, 0.25) is 5.02 Å². The van der Waals surface area contributed by atoms with E-state index in [-0.39, 0.29) is 11.9 Å². The smallest absolute Gasteiger partial charge is 0.124 e. The Morgan fingerprint density at radius 3 is 2.37 bits per heavy atom. The molecule has 0 fully saturated rings. The summed E-state index contributed by atoms with van der Waals surface area (Å²) in [6.07, 6.45) is 0. The molecule has 3 N–H and O–H groups in total. The van der Waals surface area contributed by atoms with Crippen molar-refractivity contribution in [3.8, 4) is 0 Å². The van der Waals surface area contributed by atoms with Crippen molar-refractivity contribution in [2.45, 2.75) is 19.9 Å². The number of nitrogens with one attached hydrogen (secondary N) is 1. The van der Waals surface area contributed by atoms with Gasteiger partial charge in [0.1, 0.15) is 5.82 Å². The van der Waals surface area contributed by atoms with Gasteiger partial charge in [-0.1, -0.05) is 41.4 Å². The van der Waals surface area contributed by atoms with E-state index >= 15 is 0 Å². The monoisotopic (exact) mass is 278 g/mol. The second-order valence-corrected chi connectivity index (χ2v) is 5.03. The number of hydrogen-bond acceptors (Lipinski definition) is 2. The molecule has 0 bridgehead atoms. The minimum Gasteiger partial charge on any atom is -0.271 e. The first-order chi connectivity index (χ1) is 9.02. The lowest BCUT2D eigenvalue weighted by Gasteiger charge is -2.20. The minimum absolute atomic E-state index is 0.256. The maximum absolute atomic E-state index is 13.1. The number of benzene rings is 2. The van der Waals surface area contributed by atoms with Crippen molar-refractivity contribution in [3.63, 3.8) is 0 Å². The molecule has 0 aliphatic rings. The molecule has 0 spiro atoms. The van der Waals surface area contributed by atoms with Crippen molar-refractivity contribution < 1.29 is 4.39 Å². The molecule has 1 atom stereocenters. The van der Waals surface area contributed by atoms with Gasteiger partial charge in [-0.15, -0.1) is 0 Å². The number of rotatable bonds is 3. The Morgan fingerprint density at radius 1 is 1.11 bits per heavy atom. The van der Waals surface area contributed by atoms with Crippen molar-refractivity contribution in [3.05, 3.63) is 69.5 Å². The van der Waals surface area contributed by atoms with Crippen LogP contribution < -0.4 is 11.3 Å². The molecule has 2 nitrogen and oxygen atoms in total. The van der Waals surface area contributed by atoms with Gasteiger partial charge in [0.25, 0.3) is 0 Å². The third kappa shape index (κ3) is 2.95. The van der Waals surface area contributed by atoms with Gasteiger partial charge in [-0.3, -0.25) is 5.84 Å². The lowest BCUT2D eigenvalue weighted by atomic mass is 9.94. The maximum atomic E-state index is 13.1. The van der Waals surface area contributed by atoms with Crippen molar-refractivity contribution in [1.29, 1.82) is 0 Å². The van der Waals surface area contributed by atoms with Gasteiger partial charge >= 0.3 is 0 Å². The van der Waals surface area contributed by atoms with E-state index in [9.17, 15) is 4.39 Å². The zero-order valence-electron chi connectivity index (χ0n) is 10.9. The second-order valence-electron chi connectivity index (χ2n) is 4.63. The summed E-state index contributed by atoms with van der Waals surface area (Å²) in [6.45, 7) is 4.05. The van der Waals surface area contributed by atoms with Gasteiger partial charge in [0.05, 0.1) is 6.04 Å². The Hall–Kier alpha value is -1.42. The van der Waals surface area contributed by atoms with Gasteiger partial charge < -0.3 is 0 Å². The Bertz CT molecular complexity index is 547. The molecule has 0 aliphatic heterocycles. The lowest BCUT2D eigenvalue weighted by Crippen LogP contribution is -2.29. The first-order valence-corrected chi connectivity index (χ1v) is 6.39. The Labute approximate surface area is 117 Å². The molecule has 4 heteroatoms. The van der Waals surface area contributed by atoms with Gasteiger partial charge in [-0.05, 0) is 42.7 Å². The molecule has 0 amide bonds. The van der Waals surface area contributed by atoms with E-state index in [0.717, 1.165) is 16.7 Å². The highest BCUT2D eigenvalue weighted by Crippen LogP contribution is 2.30. The summed E-state index contributed by atoms with van der Waals surface area (Å²) in [5.41, 5.74) is 6.84. The number of hydrazine groups is 1. The normalized spacial score (nSPS) is 12.5. The predicted molar refractivity (Wildman–Crippen MR) is 76.5 cm³/mol. The third-order valence-corrected chi connectivity index (χ3v) is 3.50. The minimum atomic E-state index is -0.356. The zero-order valence-corrected chi connectivity index (χ0v) is 11.6. The summed E-state index contributed by atoms with van der Waals surface area (Å²) in [4.78, 5) is 0. The molecule has 19 heavy (non-hydrogen) atoms. The van der Waals surface area contributed by atoms with E-state index in [2.05, 4.69) is 11.5 Å². The van der Waals surface area contributed by atoms with Crippen molar-refractivity contribution in [2.75, 3.05) is 0 Å². The quantitative estimate of drug-likeness (QED) is 0.664. The summed E-state index contributed by atoms with van der Waals surface area (Å²) < 4.78 is 13.1. The highest BCUT2D eigenvalue weighted by molar-refractivity contribution is 6.31. The molecule has 0 aliphatic carbocycles. The van der Waals surface area contributed by atoms with Crippen LogP contribution >= 0.6 is 11.6 Å². The van der Waals surface area contributed by atoms with Crippen LogP contribution in [0.1, 0.15) is 28.3 Å². The third-order valence-electron chi connectivity index (χ3n) is 3.18. The molecule has 0 heterocycles. The zero-order chi connectivity index (χ0) is 14.0. The molecule has 0 saturated heterocycles. The summed E-state index contributed by atoms with van der Waals surface area (Å²) >= 11 is 6.10. The molecule has 1 unspecified atom stereocenters. The molecule has 0 aromatic heterocycles. The first-order valence-electron chi connectivity index (χ1n) is 6.01. The van der Waals surface area contributed by atoms with Crippen molar-refractivity contribution >= 4 is 11.6 Å². The Kier molecular flexibility index (Phi) is 4.20. The van der Waals surface area contributed by atoms with Crippen molar-refractivity contribution in [1.82, 2.24) is 5.43 Å². The molecule has 100 valence electrons. The van der Waals surface area contributed by atoms with E-state index in [0.29, 0.717) is 5.02 Å². The molecule has 0 radical (unpaired) electrons. The summed E-state index contributed by atoms with van der Waals surface area (Å²) in [5, 5.41) is 0.364. The van der Waals surface area contributed by atoms with Gasteiger partial charge in [0.15, 0.2) is 0 Å². The maximum Gasteiger partial charge on any atom is 0.124 e. The number of halogens is 2. The van der Waals surface area contributed by atoms with Crippen LogP contribution in [-0.4, -0.2) is 0 Å². The van der Waals surface area contributed by atoms with E-state index in [1.54, 1.807) is 6.07 Å². The average molecular weight is 279 g/mol. The number of nitrogens with two attached hydrogens (primary N) is 1. The van der Waals surface area contributed by atoms with E-state index in [4.69, 9.17) is 17.4 Å². The fourth-order valence-electron chi connectivity index (χ4n) is 2.23. The van der Waals surface area contributed by atoms with Gasteiger partial charge in [-0.25, -0.2) is 9.82 Å². The average Bonchev–Trinajstić information content (AvgIpc) is 2.34. The number of hydrogen-bond donors (Lipinski definition) is 2. The lowest BCUT2D eigenvalue weighted by molar-refractivity contribution is 0.614. The highest BCUT2D eigenvalue weighted by atomic mass is 35.5. The molecule has 0 saturated carbocycles. The largest absolute Gasteiger partial charge is 0.271 e. The molecular weight excluding hydrogens is 263 g/mol. The van der Waals surface area contributed by atoms with E-state index in [1.807, 2.05) is 26.0 Å². The van der Waals surface area contributed by atoms with Crippen LogP contribution in [0.25, 0.3) is 0 Å². The molecule has 2 aromatic carbocycles. The fourth-order valence-corrected chi connectivity index (χ4v) is 2.51.